The fourth-order valence-corrected chi connectivity index (χ4v) is 8.70. The maximum atomic E-state index is 5.70. The molecule has 10 aromatic rings. The minimum atomic E-state index is 0.779. The highest BCUT2D eigenvalue weighted by atomic mass is 15.1. The Bertz CT molecular complexity index is 3250. The summed E-state index contributed by atoms with van der Waals surface area (Å²) in [5, 5.41) is 4.78. The number of nitrogens with zero attached hydrogens (tertiary/aromatic N) is 4. The van der Waals surface area contributed by atoms with Gasteiger partial charge in [0, 0.05) is 38.4 Å². The summed E-state index contributed by atoms with van der Waals surface area (Å²) in [7, 11) is 0. The van der Waals surface area contributed by atoms with Gasteiger partial charge in [0.15, 0.2) is 5.82 Å². The Morgan fingerprint density at radius 1 is 0.439 bits per heavy atom. The Hall–Kier alpha value is -7.56. The van der Waals surface area contributed by atoms with E-state index in [-0.39, 0.29) is 0 Å². The van der Waals surface area contributed by atoms with Crippen molar-refractivity contribution in [2.24, 2.45) is 0 Å². The van der Waals surface area contributed by atoms with Gasteiger partial charge in [-0.15, -0.1) is 0 Å². The third kappa shape index (κ3) is 5.30. The van der Waals surface area contributed by atoms with E-state index in [2.05, 4.69) is 192 Å². The summed E-state index contributed by atoms with van der Waals surface area (Å²) >= 11 is 0. The van der Waals surface area contributed by atoms with E-state index >= 15 is 0 Å². The van der Waals surface area contributed by atoms with Gasteiger partial charge in [0.2, 0.25) is 0 Å². The number of para-hydroxylation sites is 2. The summed E-state index contributed by atoms with van der Waals surface area (Å²) in [6.45, 7) is 4.51. The first-order valence-electron chi connectivity index (χ1n) is 19.4. The number of rotatable bonds is 4. The van der Waals surface area contributed by atoms with E-state index in [9.17, 15) is 0 Å². The molecule has 0 atom stereocenters. The molecule has 0 saturated carbocycles. The molecule has 3 heterocycles. The van der Waals surface area contributed by atoms with Crippen LogP contribution in [0.2, 0.25) is 0 Å². The van der Waals surface area contributed by atoms with Gasteiger partial charge in [0.1, 0.15) is 5.69 Å². The van der Waals surface area contributed by atoms with Gasteiger partial charge in [-0.05, 0) is 65.1 Å². The van der Waals surface area contributed by atoms with Crippen molar-refractivity contribution in [3.8, 4) is 45.1 Å². The molecule has 268 valence electrons. The van der Waals surface area contributed by atoms with E-state index in [4.69, 9.17) is 9.97 Å². The van der Waals surface area contributed by atoms with Crippen molar-refractivity contribution in [2.45, 2.75) is 6.42 Å². The monoisotopic (exact) mass is 728 g/mol. The molecule has 4 heteroatoms. The molecule has 0 amide bonds. The van der Waals surface area contributed by atoms with Crippen molar-refractivity contribution < 1.29 is 0 Å². The van der Waals surface area contributed by atoms with Crippen molar-refractivity contribution in [1.82, 2.24) is 19.1 Å². The molecule has 0 radical (unpaired) electrons. The topological polar surface area (TPSA) is 35.6 Å². The average Bonchev–Trinajstić information content (AvgIpc) is 3.79. The lowest BCUT2D eigenvalue weighted by molar-refractivity contribution is 1.04. The zero-order valence-corrected chi connectivity index (χ0v) is 31.2. The predicted molar refractivity (Wildman–Crippen MR) is 238 cm³/mol. The van der Waals surface area contributed by atoms with Crippen LogP contribution in [0.4, 0.5) is 0 Å². The zero-order chi connectivity index (χ0) is 37.9. The first kappa shape index (κ1) is 32.8. The Balaban J connectivity index is 1.23. The molecule has 0 bridgehead atoms. The maximum Gasteiger partial charge on any atom is 0.165 e. The Labute approximate surface area is 330 Å². The van der Waals surface area contributed by atoms with Gasteiger partial charge in [-0.3, -0.25) is 4.57 Å². The molecule has 0 fully saturated rings. The predicted octanol–water partition coefficient (Wildman–Crippen LogP) is 13.4. The van der Waals surface area contributed by atoms with E-state index < -0.39 is 0 Å². The van der Waals surface area contributed by atoms with Crippen LogP contribution < -0.4 is 0 Å². The fraction of sp³-hybridized carbons (Fsp3) is 0.0189. The van der Waals surface area contributed by atoms with Crippen molar-refractivity contribution in [3.05, 3.63) is 212 Å². The number of hydrogen-bond acceptors (Lipinski definition) is 2. The molecular weight excluding hydrogens is 693 g/mol. The molecule has 0 unspecified atom stereocenters. The lowest BCUT2D eigenvalue weighted by Crippen LogP contribution is -2.08. The molecule has 1 aliphatic carbocycles. The molecule has 4 nitrogen and oxygen atoms in total. The Kier molecular flexibility index (Phi) is 7.68. The quantitative estimate of drug-likeness (QED) is 0.181. The minimum absolute atomic E-state index is 0.779. The van der Waals surface area contributed by atoms with Crippen LogP contribution in [0.3, 0.4) is 0 Å². The largest absolute Gasteiger partial charge is 0.309 e. The summed E-state index contributed by atoms with van der Waals surface area (Å²) in [6, 6.07) is 60.5. The number of fused-ring (bicyclic) bond motifs is 10. The van der Waals surface area contributed by atoms with Crippen LogP contribution in [0.1, 0.15) is 11.3 Å². The number of benzene rings is 7. The van der Waals surface area contributed by atoms with Gasteiger partial charge in [0.25, 0.3) is 0 Å². The van der Waals surface area contributed by atoms with E-state index in [0.717, 1.165) is 68.3 Å². The molecule has 7 aromatic carbocycles. The summed E-state index contributed by atoms with van der Waals surface area (Å²) < 4.78 is 4.74. The summed E-state index contributed by atoms with van der Waals surface area (Å²) in [5.41, 5.74) is 14.5. The van der Waals surface area contributed by atoms with Gasteiger partial charge in [0.05, 0.1) is 33.5 Å². The van der Waals surface area contributed by atoms with Crippen LogP contribution in [-0.4, -0.2) is 19.1 Å². The minimum Gasteiger partial charge on any atom is -0.309 e. The van der Waals surface area contributed by atoms with Gasteiger partial charge < -0.3 is 4.57 Å². The average molecular weight is 729 g/mol. The van der Waals surface area contributed by atoms with Gasteiger partial charge in [-0.25, -0.2) is 9.97 Å². The number of hydrogen-bond donors (Lipinski definition) is 0. The van der Waals surface area contributed by atoms with Crippen molar-refractivity contribution in [3.63, 3.8) is 0 Å². The van der Waals surface area contributed by atoms with E-state index in [1.807, 2.05) is 18.2 Å². The van der Waals surface area contributed by atoms with Crippen molar-refractivity contribution in [2.75, 3.05) is 0 Å². The summed E-state index contributed by atoms with van der Waals surface area (Å²) in [4.78, 5) is 11.2. The van der Waals surface area contributed by atoms with Crippen molar-refractivity contribution >= 4 is 49.2 Å². The third-order valence-corrected chi connectivity index (χ3v) is 11.3. The molecule has 0 N–H and O–H groups in total. The first-order chi connectivity index (χ1) is 28.2. The van der Waals surface area contributed by atoms with Gasteiger partial charge >= 0.3 is 0 Å². The van der Waals surface area contributed by atoms with Gasteiger partial charge in [-0.1, -0.05) is 164 Å². The SMILES string of the molecule is C=C1/C=C\C=C/Cc2ccccc2-c2nc(-n3c4ccccc4c4c5c6ccccc6n(-c6ccc(-c7ccccc7)cc6)c5ccc43)c(-c3ccccc3)nc21. The second-order valence-electron chi connectivity index (χ2n) is 14.6. The van der Waals surface area contributed by atoms with Crippen LogP contribution in [0, 0.1) is 0 Å². The van der Waals surface area contributed by atoms with Crippen LogP contribution in [0.25, 0.3) is 94.3 Å². The molecular formula is C53H36N4. The molecule has 11 rings (SSSR count). The second-order valence-corrected chi connectivity index (χ2v) is 14.6. The van der Waals surface area contributed by atoms with E-state index in [1.54, 1.807) is 0 Å². The molecule has 3 aromatic heterocycles. The Morgan fingerprint density at radius 2 is 1.02 bits per heavy atom. The first-order valence-corrected chi connectivity index (χ1v) is 19.4. The molecule has 0 saturated heterocycles. The van der Waals surface area contributed by atoms with E-state index in [1.165, 1.54) is 43.8 Å². The fourth-order valence-electron chi connectivity index (χ4n) is 8.70. The third-order valence-electron chi connectivity index (χ3n) is 11.3. The smallest absolute Gasteiger partial charge is 0.165 e. The number of allylic oxidation sites excluding steroid dienone is 5. The molecule has 57 heavy (non-hydrogen) atoms. The second kappa shape index (κ2) is 13.3. The Morgan fingerprint density at radius 3 is 1.74 bits per heavy atom. The highest BCUT2D eigenvalue weighted by Crippen LogP contribution is 2.44. The van der Waals surface area contributed by atoms with E-state index in [0.29, 0.717) is 0 Å². The van der Waals surface area contributed by atoms with Gasteiger partial charge in [-0.2, -0.15) is 0 Å². The standard InChI is InChI=1S/C53H36N4/c1-35-17-5-2-8-20-38-21-11-12-24-41(38)52-50(35)54-51(39-22-9-4-10-23-39)53(55-52)57-45-28-16-14-26-43(45)49-47(57)34-33-46-48(49)42-25-13-15-27-44(42)56(46)40-31-29-37(30-32-40)36-18-6-3-7-19-36/h2-19,21-34H,1,20H2/b8-2-,17-5-. The molecule has 1 aliphatic rings. The van der Waals surface area contributed by atoms with Crippen LogP contribution in [0.5, 0.6) is 0 Å². The number of aromatic nitrogens is 4. The highest BCUT2D eigenvalue weighted by molar-refractivity contribution is 6.29. The lowest BCUT2D eigenvalue weighted by atomic mass is 9.96. The highest BCUT2D eigenvalue weighted by Gasteiger charge is 2.25. The van der Waals surface area contributed by atoms with Crippen molar-refractivity contribution in [1.29, 1.82) is 0 Å². The normalized spacial score (nSPS) is 13.9. The van der Waals surface area contributed by atoms with Crippen LogP contribution >= 0.6 is 0 Å². The molecule has 0 aliphatic heterocycles. The van der Waals surface area contributed by atoms with Crippen LogP contribution in [0.15, 0.2) is 201 Å². The summed E-state index contributed by atoms with van der Waals surface area (Å²) in [5.74, 6) is 0.782. The summed E-state index contributed by atoms with van der Waals surface area (Å²) in [6.07, 6.45) is 9.14. The van der Waals surface area contributed by atoms with Crippen LogP contribution in [-0.2, 0) is 6.42 Å². The lowest BCUT2D eigenvalue weighted by Gasteiger charge is -2.19. The molecule has 0 spiro atoms. The zero-order valence-electron chi connectivity index (χ0n) is 31.2. The maximum absolute atomic E-state index is 5.70.